The normalized spacial score (nSPS) is 10.6. The van der Waals surface area contributed by atoms with Gasteiger partial charge in [-0.05, 0) is 35.9 Å². The fourth-order valence-electron chi connectivity index (χ4n) is 1.40. The first-order valence-electron chi connectivity index (χ1n) is 5.18. The lowest BCUT2D eigenvalue weighted by Crippen LogP contribution is -1.86. The van der Waals surface area contributed by atoms with Crippen LogP contribution in [0.3, 0.4) is 0 Å². The summed E-state index contributed by atoms with van der Waals surface area (Å²) >= 11 is 19.6. The van der Waals surface area contributed by atoms with Crippen LogP contribution in [0.2, 0.25) is 15.1 Å². The zero-order valence-electron chi connectivity index (χ0n) is 9.29. The monoisotopic (exact) mass is 317 g/mol. The molecule has 0 bridgehead atoms. The zero-order valence-corrected chi connectivity index (χ0v) is 12.4. The molecule has 0 heterocycles. The van der Waals surface area contributed by atoms with E-state index in [9.17, 15) is 0 Å². The third kappa shape index (κ3) is 3.48. The summed E-state index contributed by atoms with van der Waals surface area (Å²) in [6.45, 7) is 0. The van der Waals surface area contributed by atoms with Gasteiger partial charge in [0.1, 0.15) is 0 Å². The predicted octanol–water partition coefficient (Wildman–Crippen LogP) is 5.52. The number of benzene rings is 2. The van der Waals surface area contributed by atoms with E-state index in [1.807, 2.05) is 24.3 Å². The van der Waals surface area contributed by atoms with E-state index < -0.39 is 0 Å². The Morgan fingerprint density at radius 2 is 1.72 bits per heavy atom. The summed E-state index contributed by atoms with van der Waals surface area (Å²) in [5.41, 5.74) is 7.29. The summed E-state index contributed by atoms with van der Waals surface area (Å²) in [7, 11) is 0. The van der Waals surface area contributed by atoms with Gasteiger partial charge in [0.25, 0.3) is 0 Å². The molecule has 0 radical (unpaired) electrons. The molecule has 0 saturated carbocycles. The van der Waals surface area contributed by atoms with E-state index in [1.165, 1.54) is 0 Å². The standard InChI is InChI=1S/C13H10Cl3NS/c14-9-2-1-8(11(15)5-9)7-18-10-3-4-13(17)12(16)6-10/h1-6H,7,17H2. The summed E-state index contributed by atoms with van der Waals surface area (Å²) in [5, 5.41) is 1.89. The summed E-state index contributed by atoms with van der Waals surface area (Å²) in [5.74, 6) is 0.760. The molecule has 1 nitrogen and oxygen atoms in total. The van der Waals surface area contributed by atoms with Crippen LogP contribution >= 0.6 is 46.6 Å². The van der Waals surface area contributed by atoms with Crippen molar-refractivity contribution in [3.05, 3.63) is 57.0 Å². The first kappa shape index (κ1) is 13.9. The molecular weight excluding hydrogens is 309 g/mol. The largest absolute Gasteiger partial charge is 0.398 e. The molecule has 2 aromatic carbocycles. The molecule has 0 unspecified atom stereocenters. The molecular formula is C13H10Cl3NS. The summed E-state index contributed by atoms with van der Waals surface area (Å²) in [6, 6.07) is 11.1. The van der Waals surface area contributed by atoms with Crippen molar-refractivity contribution in [1.29, 1.82) is 0 Å². The quantitative estimate of drug-likeness (QED) is 0.595. The molecule has 0 amide bonds. The maximum atomic E-state index is 6.11. The van der Waals surface area contributed by atoms with Crippen LogP contribution in [-0.2, 0) is 5.75 Å². The molecule has 94 valence electrons. The molecule has 0 aliphatic heterocycles. The van der Waals surface area contributed by atoms with E-state index in [2.05, 4.69) is 0 Å². The highest BCUT2D eigenvalue weighted by molar-refractivity contribution is 7.98. The van der Waals surface area contributed by atoms with E-state index in [0.29, 0.717) is 20.8 Å². The van der Waals surface area contributed by atoms with Crippen molar-refractivity contribution in [3.63, 3.8) is 0 Å². The molecule has 2 N–H and O–H groups in total. The molecule has 2 rings (SSSR count). The van der Waals surface area contributed by atoms with Gasteiger partial charge in [-0.2, -0.15) is 0 Å². The molecule has 2 aromatic rings. The van der Waals surface area contributed by atoms with Gasteiger partial charge in [0.15, 0.2) is 0 Å². The van der Waals surface area contributed by atoms with Crippen LogP contribution < -0.4 is 5.73 Å². The summed E-state index contributed by atoms with van der Waals surface area (Å²) in [6.07, 6.45) is 0. The second-order valence-corrected chi connectivity index (χ2v) is 6.01. The highest BCUT2D eigenvalue weighted by atomic mass is 35.5. The summed E-state index contributed by atoms with van der Waals surface area (Å²) in [4.78, 5) is 1.06. The fourth-order valence-corrected chi connectivity index (χ4v) is 3.14. The lowest BCUT2D eigenvalue weighted by atomic mass is 10.2. The van der Waals surface area contributed by atoms with Crippen LogP contribution in [0.1, 0.15) is 5.56 Å². The number of anilines is 1. The van der Waals surface area contributed by atoms with Crippen molar-refractivity contribution in [2.45, 2.75) is 10.6 Å². The fraction of sp³-hybridized carbons (Fsp3) is 0.0769. The molecule has 0 aromatic heterocycles. The Balaban J connectivity index is 2.09. The van der Waals surface area contributed by atoms with Gasteiger partial charge in [0, 0.05) is 20.7 Å². The Bertz CT molecular complexity index is 572. The number of hydrogen-bond acceptors (Lipinski definition) is 2. The van der Waals surface area contributed by atoms with Crippen molar-refractivity contribution < 1.29 is 0 Å². The van der Waals surface area contributed by atoms with Gasteiger partial charge in [0.05, 0.1) is 10.7 Å². The van der Waals surface area contributed by atoms with Crippen molar-refractivity contribution in [2.75, 3.05) is 5.73 Å². The first-order chi connectivity index (χ1) is 8.56. The van der Waals surface area contributed by atoms with Gasteiger partial charge in [-0.15, -0.1) is 11.8 Å². The maximum absolute atomic E-state index is 6.11. The Morgan fingerprint density at radius 3 is 2.39 bits per heavy atom. The van der Waals surface area contributed by atoms with Gasteiger partial charge in [-0.25, -0.2) is 0 Å². The van der Waals surface area contributed by atoms with Crippen LogP contribution in [0.4, 0.5) is 5.69 Å². The number of thioether (sulfide) groups is 1. The molecule has 0 aliphatic carbocycles. The van der Waals surface area contributed by atoms with Gasteiger partial charge in [0.2, 0.25) is 0 Å². The molecule has 5 heteroatoms. The number of halogens is 3. The number of rotatable bonds is 3. The van der Waals surface area contributed by atoms with Crippen molar-refractivity contribution in [3.8, 4) is 0 Å². The van der Waals surface area contributed by atoms with E-state index >= 15 is 0 Å². The third-order valence-corrected chi connectivity index (χ3v) is 4.34. The van der Waals surface area contributed by atoms with E-state index in [0.717, 1.165) is 16.2 Å². The molecule has 0 fully saturated rings. The minimum atomic E-state index is 0.571. The molecule has 18 heavy (non-hydrogen) atoms. The van der Waals surface area contributed by atoms with Crippen molar-refractivity contribution in [2.24, 2.45) is 0 Å². The topological polar surface area (TPSA) is 26.0 Å². The Kier molecular flexibility index (Phi) is 4.68. The lowest BCUT2D eigenvalue weighted by Gasteiger charge is -2.06. The summed E-state index contributed by atoms with van der Waals surface area (Å²) < 4.78 is 0. The second kappa shape index (κ2) is 6.07. The van der Waals surface area contributed by atoms with Crippen LogP contribution in [-0.4, -0.2) is 0 Å². The molecule has 0 aliphatic rings. The Hall–Kier alpha value is -0.540. The minimum Gasteiger partial charge on any atom is -0.398 e. The average molecular weight is 319 g/mol. The van der Waals surface area contributed by atoms with Gasteiger partial charge >= 0.3 is 0 Å². The maximum Gasteiger partial charge on any atom is 0.0646 e. The zero-order chi connectivity index (χ0) is 13.1. The SMILES string of the molecule is Nc1ccc(SCc2ccc(Cl)cc2Cl)cc1Cl. The smallest absolute Gasteiger partial charge is 0.0646 e. The van der Waals surface area contributed by atoms with Crippen molar-refractivity contribution in [1.82, 2.24) is 0 Å². The minimum absolute atomic E-state index is 0.571. The van der Waals surface area contributed by atoms with Crippen molar-refractivity contribution >= 4 is 52.3 Å². The Morgan fingerprint density at radius 1 is 0.944 bits per heavy atom. The highest BCUT2D eigenvalue weighted by Gasteiger charge is 2.04. The third-order valence-electron chi connectivity index (χ3n) is 2.38. The Labute approximate surface area is 125 Å². The second-order valence-electron chi connectivity index (χ2n) is 3.71. The predicted molar refractivity (Wildman–Crippen MR) is 81.9 cm³/mol. The van der Waals surface area contributed by atoms with Gasteiger partial charge < -0.3 is 5.73 Å². The van der Waals surface area contributed by atoms with Crippen LogP contribution in [0.25, 0.3) is 0 Å². The number of hydrogen-bond donors (Lipinski definition) is 1. The number of nitrogens with two attached hydrogens (primary N) is 1. The van der Waals surface area contributed by atoms with Crippen LogP contribution in [0.15, 0.2) is 41.3 Å². The molecule has 0 spiro atoms. The highest BCUT2D eigenvalue weighted by Crippen LogP contribution is 2.31. The number of nitrogen functional groups attached to an aromatic ring is 1. The molecule has 0 atom stereocenters. The van der Waals surface area contributed by atoms with Gasteiger partial charge in [-0.1, -0.05) is 40.9 Å². The lowest BCUT2D eigenvalue weighted by molar-refractivity contribution is 1.38. The van der Waals surface area contributed by atoms with Crippen LogP contribution in [0.5, 0.6) is 0 Å². The van der Waals surface area contributed by atoms with E-state index in [1.54, 1.807) is 23.9 Å². The average Bonchev–Trinajstić information content (AvgIpc) is 2.32. The molecule has 0 saturated heterocycles. The van der Waals surface area contributed by atoms with E-state index in [-0.39, 0.29) is 0 Å². The first-order valence-corrected chi connectivity index (χ1v) is 7.30. The van der Waals surface area contributed by atoms with Crippen LogP contribution in [0, 0.1) is 0 Å². The van der Waals surface area contributed by atoms with E-state index in [4.69, 9.17) is 40.5 Å². The van der Waals surface area contributed by atoms with Gasteiger partial charge in [-0.3, -0.25) is 0 Å².